The second-order valence-electron chi connectivity index (χ2n) is 6.75. The molecule has 3 heterocycles. The molecule has 0 fully saturated rings. The van der Waals surface area contributed by atoms with Crippen LogP contribution in [-0.2, 0) is 13.0 Å². The van der Waals surface area contributed by atoms with Gasteiger partial charge in [0.05, 0.1) is 10.4 Å². The summed E-state index contributed by atoms with van der Waals surface area (Å²) in [4.78, 5) is 28.2. The molecule has 0 saturated heterocycles. The maximum absolute atomic E-state index is 12.8. The summed E-state index contributed by atoms with van der Waals surface area (Å²) in [5.41, 5.74) is 3.57. The lowest BCUT2D eigenvalue weighted by Crippen LogP contribution is -2.23. The number of pyridine rings is 2. The molecular weight excluding hydrogens is 368 g/mol. The fourth-order valence-corrected chi connectivity index (χ4v) is 3.75. The molecule has 27 heavy (non-hydrogen) atoms. The van der Waals surface area contributed by atoms with E-state index in [9.17, 15) is 14.9 Å². The highest BCUT2D eigenvalue weighted by Gasteiger charge is 2.26. The number of nitrogens with zero attached hydrogens (tertiary/aromatic N) is 3. The van der Waals surface area contributed by atoms with E-state index in [2.05, 4.69) is 10.3 Å². The van der Waals surface area contributed by atoms with E-state index in [0.717, 1.165) is 22.0 Å². The fourth-order valence-electron chi connectivity index (χ4n) is 3.54. The molecule has 0 unspecified atom stereocenters. The van der Waals surface area contributed by atoms with Gasteiger partial charge in [0.15, 0.2) is 5.82 Å². The number of aryl methyl sites for hydroxylation is 2. The molecule has 0 saturated carbocycles. The first-order chi connectivity index (χ1) is 12.9. The van der Waals surface area contributed by atoms with Crippen molar-refractivity contribution < 1.29 is 4.92 Å². The van der Waals surface area contributed by atoms with Crippen molar-refractivity contribution in [3.8, 4) is 0 Å². The van der Waals surface area contributed by atoms with Crippen molar-refractivity contribution in [2.45, 2.75) is 26.8 Å². The zero-order chi connectivity index (χ0) is 19.3. The van der Waals surface area contributed by atoms with Gasteiger partial charge in [-0.3, -0.25) is 19.5 Å². The SMILES string of the molecule is Cc1ccc(C)c2nc(Cl)c(Cc3cc([N+](=O)[O-])c4n(c3=O)CCN4)cc12. The first-order valence-electron chi connectivity index (χ1n) is 8.57. The smallest absolute Gasteiger partial charge is 0.310 e. The molecule has 3 aromatic rings. The molecule has 0 bridgehead atoms. The minimum atomic E-state index is -0.471. The summed E-state index contributed by atoms with van der Waals surface area (Å²) in [5.74, 6) is 0.267. The Kier molecular flexibility index (Phi) is 4.11. The Labute approximate surface area is 159 Å². The minimum absolute atomic E-state index is 0.0982. The van der Waals surface area contributed by atoms with Crippen molar-refractivity contribution in [3.63, 3.8) is 0 Å². The van der Waals surface area contributed by atoms with Crippen LogP contribution in [0.25, 0.3) is 10.9 Å². The molecule has 8 heteroatoms. The second kappa shape index (κ2) is 6.35. The molecular formula is C19H17ClN4O3. The summed E-state index contributed by atoms with van der Waals surface area (Å²) in [6.45, 7) is 4.86. The van der Waals surface area contributed by atoms with Crippen LogP contribution in [0.1, 0.15) is 22.3 Å². The van der Waals surface area contributed by atoms with Crippen LogP contribution in [0.3, 0.4) is 0 Å². The molecule has 138 valence electrons. The van der Waals surface area contributed by atoms with Crippen molar-refractivity contribution in [2.75, 3.05) is 11.9 Å². The highest BCUT2D eigenvalue weighted by atomic mass is 35.5. The number of benzene rings is 1. The van der Waals surface area contributed by atoms with Crippen LogP contribution in [0.2, 0.25) is 5.15 Å². The molecule has 0 radical (unpaired) electrons. The summed E-state index contributed by atoms with van der Waals surface area (Å²) in [7, 11) is 0. The summed E-state index contributed by atoms with van der Waals surface area (Å²) in [6, 6.07) is 7.27. The zero-order valence-corrected chi connectivity index (χ0v) is 15.6. The topological polar surface area (TPSA) is 90.1 Å². The molecule has 0 spiro atoms. The zero-order valence-electron chi connectivity index (χ0n) is 14.9. The lowest BCUT2D eigenvalue weighted by atomic mass is 10.0. The van der Waals surface area contributed by atoms with Gasteiger partial charge in [-0.2, -0.15) is 0 Å². The molecule has 1 aromatic carbocycles. The van der Waals surface area contributed by atoms with E-state index in [4.69, 9.17) is 11.6 Å². The molecule has 1 N–H and O–H groups in total. The van der Waals surface area contributed by atoms with Gasteiger partial charge in [0.1, 0.15) is 5.15 Å². The normalized spacial score (nSPS) is 12.9. The van der Waals surface area contributed by atoms with Crippen molar-refractivity contribution >= 4 is 34.0 Å². The first kappa shape index (κ1) is 17.5. The lowest BCUT2D eigenvalue weighted by molar-refractivity contribution is -0.384. The van der Waals surface area contributed by atoms with E-state index >= 15 is 0 Å². The van der Waals surface area contributed by atoms with Crippen LogP contribution in [0.5, 0.6) is 0 Å². The summed E-state index contributed by atoms with van der Waals surface area (Å²) in [6.07, 6.45) is 0.190. The Bertz CT molecular complexity index is 1170. The van der Waals surface area contributed by atoms with E-state index in [1.54, 1.807) is 0 Å². The monoisotopic (exact) mass is 384 g/mol. The molecule has 1 aliphatic heterocycles. The van der Waals surface area contributed by atoms with Crippen LogP contribution in [0.15, 0.2) is 29.1 Å². The van der Waals surface area contributed by atoms with Crippen LogP contribution < -0.4 is 10.9 Å². The van der Waals surface area contributed by atoms with E-state index in [1.807, 2.05) is 32.0 Å². The van der Waals surface area contributed by atoms with Gasteiger partial charge in [0.25, 0.3) is 5.56 Å². The molecule has 7 nitrogen and oxygen atoms in total. The van der Waals surface area contributed by atoms with E-state index in [-0.39, 0.29) is 23.5 Å². The number of hydrogen-bond acceptors (Lipinski definition) is 5. The fraction of sp³-hybridized carbons (Fsp3) is 0.263. The molecule has 0 aliphatic carbocycles. The standard InChI is InChI=1S/C19H17ClN4O3/c1-10-3-4-11(2)16-14(10)8-12(17(20)22-16)7-13-9-15(24(26)27)18-21-5-6-23(18)19(13)25/h3-4,8-9,21H,5-7H2,1-2H3. The molecule has 4 rings (SSSR count). The number of rotatable bonds is 3. The Hall–Kier alpha value is -2.93. The number of nitrogens with one attached hydrogen (secondary N) is 1. The van der Waals surface area contributed by atoms with Crippen LogP contribution in [0, 0.1) is 24.0 Å². The average Bonchev–Trinajstić information content (AvgIpc) is 3.11. The van der Waals surface area contributed by atoms with E-state index in [1.165, 1.54) is 10.6 Å². The molecule has 2 aromatic heterocycles. The summed E-state index contributed by atoms with van der Waals surface area (Å²) in [5, 5.41) is 15.6. The third kappa shape index (κ3) is 2.84. The first-order valence-corrected chi connectivity index (χ1v) is 8.95. The van der Waals surface area contributed by atoms with Crippen LogP contribution in [0.4, 0.5) is 11.5 Å². The van der Waals surface area contributed by atoms with Crippen LogP contribution in [-0.4, -0.2) is 21.0 Å². The molecule has 0 atom stereocenters. The van der Waals surface area contributed by atoms with Crippen molar-refractivity contribution in [3.05, 3.63) is 72.1 Å². The number of anilines is 1. The predicted molar refractivity (Wildman–Crippen MR) is 105 cm³/mol. The van der Waals surface area contributed by atoms with Gasteiger partial charge in [-0.15, -0.1) is 0 Å². The third-order valence-corrected chi connectivity index (χ3v) is 5.31. The quantitative estimate of drug-likeness (QED) is 0.423. The Morgan fingerprint density at radius 1 is 1.26 bits per heavy atom. The second-order valence-corrected chi connectivity index (χ2v) is 7.11. The number of fused-ring (bicyclic) bond motifs is 2. The third-order valence-electron chi connectivity index (χ3n) is 4.98. The van der Waals surface area contributed by atoms with Crippen LogP contribution >= 0.6 is 11.6 Å². The van der Waals surface area contributed by atoms with Crippen molar-refractivity contribution in [2.24, 2.45) is 0 Å². The van der Waals surface area contributed by atoms with E-state index in [0.29, 0.717) is 29.4 Å². The van der Waals surface area contributed by atoms with Gasteiger partial charge in [-0.05, 0) is 36.6 Å². The average molecular weight is 385 g/mol. The van der Waals surface area contributed by atoms with Crippen molar-refractivity contribution in [1.29, 1.82) is 0 Å². The predicted octanol–water partition coefficient (Wildman–Crippen LogP) is 3.59. The maximum Gasteiger partial charge on any atom is 0.310 e. The highest BCUT2D eigenvalue weighted by Crippen LogP contribution is 2.30. The Balaban J connectivity index is 1.87. The van der Waals surface area contributed by atoms with Gasteiger partial charge in [0, 0.05) is 36.5 Å². The number of nitro groups is 1. The number of aromatic nitrogens is 2. The van der Waals surface area contributed by atoms with Gasteiger partial charge >= 0.3 is 5.69 Å². The Morgan fingerprint density at radius 2 is 2.00 bits per heavy atom. The minimum Gasteiger partial charge on any atom is -0.364 e. The van der Waals surface area contributed by atoms with Gasteiger partial charge < -0.3 is 5.32 Å². The highest BCUT2D eigenvalue weighted by molar-refractivity contribution is 6.30. The number of halogens is 1. The lowest BCUT2D eigenvalue weighted by Gasteiger charge is -2.11. The summed E-state index contributed by atoms with van der Waals surface area (Å²) >= 11 is 6.38. The Morgan fingerprint density at radius 3 is 2.74 bits per heavy atom. The summed E-state index contributed by atoms with van der Waals surface area (Å²) < 4.78 is 1.42. The maximum atomic E-state index is 12.8. The molecule has 0 amide bonds. The van der Waals surface area contributed by atoms with Gasteiger partial charge in [-0.25, -0.2) is 4.98 Å². The van der Waals surface area contributed by atoms with Crippen molar-refractivity contribution in [1.82, 2.24) is 9.55 Å². The van der Waals surface area contributed by atoms with Gasteiger partial charge in [0.2, 0.25) is 0 Å². The largest absolute Gasteiger partial charge is 0.364 e. The molecule has 1 aliphatic rings. The van der Waals surface area contributed by atoms with Gasteiger partial charge in [-0.1, -0.05) is 23.7 Å². The number of hydrogen-bond donors (Lipinski definition) is 1. The van der Waals surface area contributed by atoms with E-state index < -0.39 is 4.92 Å².